The summed E-state index contributed by atoms with van der Waals surface area (Å²) in [6, 6.07) is -0.117. The molecule has 2 aromatic heterocycles. The molecule has 0 unspecified atom stereocenters. The van der Waals surface area contributed by atoms with Gasteiger partial charge in [-0.3, -0.25) is 9.89 Å². The Morgan fingerprint density at radius 2 is 2.10 bits per heavy atom. The lowest BCUT2D eigenvalue weighted by Gasteiger charge is -2.12. The van der Waals surface area contributed by atoms with E-state index < -0.39 is 0 Å². The average Bonchev–Trinajstić information content (AvgIpc) is 2.91. The van der Waals surface area contributed by atoms with Crippen molar-refractivity contribution in [1.29, 1.82) is 0 Å². The van der Waals surface area contributed by atoms with Gasteiger partial charge in [0, 0.05) is 16.1 Å². The van der Waals surface area contributed by atoms with Crippen molar-refractivity contribution in [2.24, 2.45) is 0 Å². The minimum Gasteiger partial charge on any atom is -0.342 e. The summed E-state index contributed by atoms with van der Waals surface area (Å²) >= 11 is 1.65. The molecule has 5 nitrogen and oxygen atoms in total. The molecule has 2 heterocycles. The quantitative estimate of drug-likeness (QED) is 0.910. The number of carbonyl (C=O) groups excluding carboxylic acids is 1. The highest BCUT2D eigenvalue weighted by Crippen LogP contribution is 2.23. The molecule has 0 spiro atoms. The molecule has 0 aliphatic heterocycles. The molecule has 0 radical (unpaired) electrons. The van der Waals surface area contributed by atoms with Gasteiger partial charge in [-0.2, -0.15) is 5.10 Å². The second-order valence-electron chi connectivity index (χ2n) is 4.90. The van der Waals surface area contributed by atoms with E-state index in [4.69, 9.17) is 0 Å². The SMILES string of the molecule is CCc1[nH]nc(C(=O)N[C@@H](C)c2nc(C)sc2C)c1C. The molecule has 2 N–H and O–H groups in total. The van der Waals surface area contributed by atoms with Gasteiger partial charge in [0.1, 0.15) is 0 Å². The summed E-state index contributed by atoms with van der Waals surface area (Å²) in [6.45, 7) is 9.90. The summed E-state index contributed by atoms with van der Waals surface area (Å²) in [7, 11) is 0. The molecule has 2 aromatic rings. The third-order valence-corrected chi connectivity index (χ3v) is 4.28. The van der Waals surface area contributed by atoms with E-state index in [0.29, 0.717) is 5.69 Å². The zero-order valence-corrected chi connectivity index (χ0v) is 13.3. The van der Waals surface area contributed by atoms with Gasteiger partial charge in [-0.05, 0) is 34.1 Å². The van der Waals surface area contributed by atoms with Gasteiger partial charge in [0.15, 0.2) is 5.69 Å². The van der Waals surface area contributed by atoms with Crippen LogP contribution in [0.3, 0.4) is 0 Å². The van der Waals surface area contributed by atoms with E-state index in [1.165, 1.54) is 0 Å². The number of thiazole rings is 1. The Balaban J connectivity index is 2.15. The second kappa shape index (κ2) is 5.75. The van der Waals surface area contributed by atoms with Crippen molar-refractivity contribution in [3.05, 3.63) is 32.5 Å². The molecular weight excluding hydrogens is 272 g/mol. The molecule has 6 heteroatoms. The Kier molecular flexibility index (Phi) is 4.23. The van der Waals surface area contributed by atoms with Crippen LogP contribution >= 0.6 is 11.3 Å². The smallest absolute Gasteiger partial charge is 0.272 e. The van der Waals surface area contributed by atoms with Crippen LogP contribution in [0.4, 0.5) is 0 Å². The first-order chi connectivity index (χ1) is 9.43. The number of nitrogens with one attached hydrogen (secondary N) is 2. The summed E-state index contributed by atoms with van der Waals surface area (Å²) in [5, 5.41) is 11.0. The van der Waals surface area contributed by atoms with Crippen molar-refractivity contribution in [3.8, 4) is 0 Å². The molecule has 20 heavy (non-hydrogen) atoms. The van der Waals surface area contributed by atoms with Crippen LogP contribution in [0.15, 0.2) is 0 Å². The summed E-state index contributed by atoms with van der Waals surface area (Å²) in [6.07, 6.45) is 0.839. The second-order valence-corrected chi connectivity index (χ2v) is 6.31. The van der Waals surface area contributed by atoms with E-state index in [1.807, 2.05) is 34.6 Å². The van der Waals surface area contributed by atoms with E-state index in [9.17, 15) is 4.79 Å². The number of H-pyrrole nitrogens is 1. The van der Waals surface area contributed by atoms with Gasteiger partial charge in [-0.15, -0.1) is 11.3 Å². The van der Waals surface area contributed by atoms with Crippen LogP contribution in [-0.4, -0.2) is 21.1 Å². The summed E-state index contributed by atoms with van der Waals surface area (Å²) in [4.78, 5) is 17.9. The standard InChI is InChI=1S/C14H20N4OS/c1-6-11-7(2)12(18-17-11)14(19)15-8(3)13-9(4)20-10(5)16-13/h8H,6H2,1-5H3,(H,15,19)(H,17,18)/t8-/m0/s1. The normalized spacial score (nSPS) is 12.4. The number of aryl methyl sites for hydroxylation is 3. The van der Waals surface area contributed by atoms with Gasteiger partial charge in [0.25, 0.3) is 5.91 Å². The summed E-state index contributed by atoms with van der Waals surface area (Å²) < 4.78 is 0. The average molecular weight is 292 g/mol. The minimum atomic E-state index is -0.156. The van der Waals surface area contributed by atoms with Gasteiger partial charge in [0.05, 0.1) is 16.7 Å². The summed E-state index contributed by atoms with van der Waals surface area (Å²) in [5.74, 6) is -0.156. The molecule has 0 fully saturated rings. The Labute approximate surface area is 122 Å². The zero-order chi connectivity index (χ0) is 14.9. The molecule has 0 aliphatic carbocycles. The van der Waals surface area contributed by atoms with Crippen LogP contribution in [0.5, 0.6) is 0 Å². The highest BCUT2D eigenvalue weighted by molar-refractivity contribution is 7.11. The van der Waals surface area contributed by atoms with E-state index in [-0.39, 0.29) is 11.9 Å². The number of nitrogens with zero attached hydrogens (tertiary/aromatic N) is 2. The van der Waals surface area contributed by atoms with E-state index in [1.54, 1.807) is 11.3 Å². The largest absolute Gasteiger partial charge is 0.342 e. The molecule has 2 rings (SSSR count). The lowest BCUT2D eigenvalue weighted by Crippen LogP contribution is -2.28. The van der Waals surface area contributed by atoms with Crippen molar-refractivity contribution in [3.63, 3.8) is 0 Å². The first kappa shape index (κ1) is 14.7. The number of amides is 1. The van der Waals surface area contributed by atoms with Crippen molar-refractivity contribution < 1.29 is 4.79 Å². The number of rotatable bonds is 4. The van der Waals surface area contributed by atoms with Crippen LogP contribution in [0, 0.1) is 20.8 Å². The maximum absolute atomic E-state index is 12.3. The van der Waals surface area contributed by atoms with Crippen molar-refractivity contribution >= 4 is 17.2 Å². The summed E-state index contributed by atoms with van der Waals surface area (Å²) in [5.41, 5.74) is 3.33. The van der Waals surface area contributed by atoms with E-state index >= 15 is 0 Å². The lowest BCUT2D eigenvalue weighted by atomic mass is 10.1. The Bertz CT molecular complexity index is 629. The van der Waals surface area contributed by atoms with Crippen LogP contribution in [0.1, 0.15) is 57.2 Å². The molecule has 1 atom stereocenters. The molecule has 108 valence electrons. The zero-order valence-electron chi connectivity index (χ0n) is 12.5. The number of carbonyl (C=O) groups is 1. The Morgan fingerprint density at radius 1 is 1.40 bits per heavy atom. The molecule has 0 saturated carbocycles. The molecule has 0 aliphatic rings. The minimum absolute atomic E-state index is 0.117. The van der Waals surface area contributed by atoms with Gasteiger partial charge in [-0.25, -0.2) is 4.98 Å². The topological polar surface area (TPSA) is 70.7 Å². The molecule has 1 amide bonds. The third kappa shape index (κ3) is 2.75. The number of aromatic nitrogens is 3. The first-order valence-electron chi connectivity index (χ1n) is 6.72. The molecule has 0 bridgehead atoms. The number of hydrogen-bond acceptors (Lipinski definition) is 4. The fourth-order valence-electron chi connectivity index (χ4n) is 2.28. The first-order valence-corrected chi connectivity index (χ1v) is 7.54. The van der Waals surface area contributed by atoms with Crippen LogP contribution in [0.2, 0.25) is 0 Å². The Morgan fingerprint density at radius 3 is 2.60 bits per heavy atom. The van der Waals surface area contributed by atoms with Crippen LogP contribution in [-0.2, 0) is 6.42 Å². The number of aromatic amines is 1. The third-order valence-electron chi connectivity index (χ3n) is 3.38. The molecule has 0 aromatic carbocycles. The fraction of sp³-hybridized carbons (Fsp3) is 0.500. The fourth-order valence-corrected chi connectivity index (χ4v) is 3.19. The highest BCUT2D eigenvalue weighted by Gasteiger charge is 2.20. The monoisotopic (exact) mass is 292 g/mol. The van der Waals surface area contributed by atoms with Gasteiger partial charge < -0.3 is 5.32 Å². The molecular formula is C14H20N4OS. The number of hydrogen-bond donors (Lipinski definition) is 2. The predicted molar refractivity (Wildman–Crippen MR) is 80.2 cm³/mol. The predicted octanol–water partition coefficient (Wildman–Crippen LogP) is 2.84. The maximum atomic E-state index is 12.3. The van der Waals surface area contributed by atoms with Crippen molar-refractivity contribution in [2.45, 2.75) is 47.1 Å². The van der Waals surface area contributed by atoms with Crippen molar-refractivity contribution in [1.82, 2.24) is 20.5 Å². The van der Waals surface area contributed by atoms with Crippen LogP contribution < -0.4 is 5.32 Å². The van der Waals surface area contributed by atoms with E-state index in [2.05, 4.69) is 20.5 Å². The molecule has 0 saturated heterocycles. The van der Waals surface area contributed by atoms with Gasteiger partial charge >= 0.3 is 0 Å². The van der Waals surface area contributed by atoms with Gasteiger partial charge in [0.2, 0.25) is 0 Å². The lowest BCUT2D eigenvalue weighted by molar-refractivity contribution is 0.0933. The van der Waals surface area contributed by atoms with Crippen LogP contribution in [0.25, 0.3) is 0 Å². The van der Waals surface area contributed by atoms with E-state index in [0.717, 1.165) is 33.3 Å². The highest BCUT2D eigenvalue weighted by atomic mass is 32.1. The van der Waals surface area contributed by atoms with Gasteiger partial charge in [-0.1, -0.05) is 6.92 Å². The van der Waals surface area contributed by atoms with Crippen molar-refractivity contribution in [2.75, 3.05) is 0 Å². The Hall–Kier alpha value is -1.69. The maximum Gasteiger partial charge on any atom is 0.272 e.